The van der Waals surface area contributed by atoms with Crippen molar-refractivity contribution in [2.45, 2.75) is 6.42 Å². The molecule has 0 saturated carbocycles. The van der Waals surface area contributed by atoms with E-state index in [9.17, 15) is 9.59 Å². The molecule has 1 aliphatic heterocycles. The number of carbonyl (C=O) groups is 2. The summed E-state index contributed by atoms with van der Waals surface area (Å²) in [5, 5.41) is 5.67. The van der Waals surface area contributed by atoms with E-state index in [1.807, 2.05) is 0 Å². The number of nitrogens with one attached hydrogen (secondary N) is 1. The van der Waals surface area contributed by atoms with Gasteiger partial charge in [0.05, 0.1) is 0 Å². The summed E-state index contributed by atoms with van der Waals surface area (Å²) in [6.45, 7) is 0.353. The molecule has 86 valence electrons. The molecule has 1 aliphatic rings. The van der Waals surface area contributed by atoms with E-state index in [1.54, 1.807) is 24.3 Å². The minimum atomic E-state index is -0.433. The van der Waals surface area contributed by atoms with Crippen LogP contribution >= 0.6 is 0 Å². The van der Waals surface area contributed by atoms with Gasteiger partial charge in [-0.15, -0.1) is 0 Å². The molecular weight excluding hydrogens is 222 g/mol. The van der Waals surface area contributed by atoms with Crippen LogP contribution in [0.25, 0.3) is 10.4 Å². The van der Waals surface area contributed by atoms with Crippen LogP contribution in [0.1, 0.15) is 6.42 Å². The van der Waals surface area contributed by atoms with Crippen LogP contribution < -0.4 is 10.2 Å². The van der Waals surface area contributed by atoms with E-state index in [1.165, 1.54) is 4.90 Å². The summed E-state index contributed by atoms with van der Waals surface area (Å²) in [6, 6.07) is 6.12. The van der Waals surface area contributed by atoms with Crippen molar-refractivity contribution in [2.75, 3.05) is 11.4 Å². The van der Waals surface area contributed by atoms with Crippen molar-refractivity contribution in [1.29, 1.82) is 0 Å². The topological polar surface area (TPSA) is 98.2 Å². The smallest absolute Gasteiger partial charge is 0.294 e. The van der Waals surface area contributed by atoms with E-state index in [4.69, 9.17) is 5.53 Å². The molecule has 0 atom stereocenters. The summed E-state index contributed by atoms with van der Waals surface area (Å²) in [5.74, 6) is -0.267. The van der Waals surface area contributed by atoms with Gasteiger partial charge in [-0.3, -0.25) is 15.0 Å². The fourth-order valence-electron chi connectivity index (χ4n) is 1.56. The predicted molar refractivity (Wildman–Crippen MR) is 60.7 cm³/mol. The molecule has 7 nitrogen and oxygen atoms in total. The first kappa shape index (κ1) is 11.0. The quantitative estimate of drug-likeness (QED) is 0.478. The summed E-state index contributed by atoms with van der Waals surface area (Å²) in [7, 11) is 0. The van der Waals surface area contributed by atoms with E-state index in [0.717, 1.165) is 0 Å². The van der Waals surface area contributed by atoms with Gasteiger partial charge in [-0.1, -0.05) is 17.2 Å². The number of benzene rings is 1. The van der Waals surface area contributed by atoms with Crippen molar-refractivity contribution >= 4 is 23.3 Å². The molecule has 3 amide bonds. The van der Waals surface area contributed by atoms with Gasteiger partial charge in [0, 0.05) is 29.3 Å². The molecule has 17 heavy (non-hydrogen) atoms. The van der Waals surface area contributed by atoms with Gasteiger partial charge in [-0.05, 0) is 17.7 Å². The van der Waals surface area contributed by atoms with Crippen LogP contribution in [0.15, 0.2) is 29.4 Å². The summed E-state index contributed by atoms with van der Waals surface area (Å²) >= 11 is 0. The maximum absolute atomic E-state index is 11.5. The number of azide groups is 1. The van der Waals surface area contributed by atoms with E-state index in [0.29, 0.717) is 17.9 Å². The molecule has 1 saturated heterocycles. The van der Waals surface area contributed by atoms with Gasteiger partial charge < -0.3 is 0 Å². The molecule has 0 radical (unpaired) electrons. The number of urea groups is 1. The zero-order valence-corrected chi connectivity index (χ0v) is 8.83. The van der Waals surface area contributed by atoms with Crippen molar-refractivity contribution in [1.82, 2.24) is 5.32 Å². The van der Waals surface area contributed by atoms with Gasteiger partial charge in [0.15, 0.2) is 0 Å². The third-order valence-electron chi connectivity index (χ3n) is 2.38. The SMILES string of the molecule is [N-]=[N+]=Nc1ccc(N2CCC(=O)NC2=O)cc1. The highest BCUT2D eigenvalue weighted by molar-refractivity contribution is 6.05. The maximum atomic E-state index is 11.5. The second-order valence-corrected chi connectivity index (χ2v) is 3.46. The Labute approximate surface area is 96.7 Å². The fraction of sp³-hybridized carbons (Fsp3) is 0.200. The predicted octanol–water partition coefficient (Wildman–Crippen LogP) is 2.07. The summed E-state index contributed by atoms with van der Waals surface area (Å²) < 4.78 is 0. The minimum Gasteiger partial charge on any atom is -0.294 e. The van der Waals surface area contributed by atoms with Gasteiger partial charge >= 0.3 is 6.03 Å². The van der Waals surface area contributed by atoms with Gasteiger partial charge in [0.25, 0.3) is 0 Å². The van der Waals surface area contributed by atoms with Crippen molar-refractivity contribution < 1.29 is 9.59 Å². The summed E-state index contributed by atoms with van der Waals surface area (Å²) in [4.78, 5) is 26.6. The third-order valence-corrected chi connectivity index (χ3v) is 2.38. The normalized spacial score (nSPS) is 15.2. The van der Waals surface area contributed by atoms with Crippen molar-refractivity contribution in [2.24, 2.45) is 5.11 Å². The molecule has 2 rings (SSSR count). The Kier molecular flexibility index (Phi) is 2.93. The molecule has 0 aromatic heterocycles. The van der Waals surface area contributed by atoms with Gasteiger partial charge in [0.1, 0.15) is 0 Å². The van der Waals surface area contributed by atoms with Crippen LogP contribution in [0, 0.1) is 0 Å². The van der Waals surface area contributed by atoms with Crippen LogP contribution in [-0.4, -0.2) is 18.5 Å². The first-order valence-corrected chi connectivity index (χ1v) is 4.97. The zero-order chi connectivity index (χ0) is 12.3. The first-order chi connectivity index (χ1) is 8.20. The molecule has 0 aliphatic carbocycles. The molecule has 1 N–H and O–H groups in total. The van der Waals surface area contributed by atoms with E-state index >= 15 is 0 Å². The first-order valence-electron chi connectivity index (χ1n) is 4.97. The van der Waals surface area contributed by atoms with Crippen LogP contribution in [0.4, 0.5) is 16.2 Å². The average Bonchev–Trinajstić information content (AvgIpc) is 2.31. The van der Waals surface area contributed by atoms with Crippen LogP contribution in [0.3, 0.4) is 0 Å². The maximum Gasteiger partial charge on any atom is 0.328 e. The lowest BCUT2D eigenvalue weighted by molar-refractivity contribution is -0.120. The molecule has 1 aromatic rings. The van der Waals surface area contributed by atoms with Crippen molar-refractivity contribution in [3.05, 3.63) is 34.7 Å². The van der Waals surface area contributed by atoms with Crippen LogP contribution in [0.5, 0.6) is 0 Å². The number of anilines is 1. The Morgan fingerprint density at radius 2 is 2.00 bits per heavy atom. The largest absolute Gasteiger partial charge is 0.328 e. The van der Waals surface area contributed by atoms with E-state index < -0.39 is 6.03 Å². The third kappa shape index (κ3) is 2.35. The number of nitrogens with zero attached hydrogens (tertiary/aromatic N) is 4. The second-order valence-electron chi connectivity index (χ2n) is 3.46. The highest BCUT2D eigenvalue weighted by Gasteiger charge is 2.23. The highest BCUT2D eigenvalue weighted by Crippen LogP contribution is 2.21. The van der Waals surface area contributed by atoms with Crippen molar-refractivity contribution in [3.63, 3.8) is 0 Å². The Bertz CT molecular complexity index is 504. The van der Waals surface area contributed by atoms with Crippen LogP contribution in [0.2, 0.25) is 0 Å². The molecule has 1 aromatic carbocycles. The second kappa shape index (κ2) is 4.54. The summed E-state index contributed by atoms with van der Waals surface area (Å²) in [5.41, 5.74) is 9.39. The number of rotatable bonds is 2. The number of hydrogen-bond acceptors (Lipinski definition) is 3. The molecular formula is C10H9N5O2. The number of hydrogen-bond donors (Lipinski definition) is 1. The fourth-order valence-corrected chi connectivity index (χ4v) is 1.56. The number of imide groups is 1. The van der Waals surface area contributed by atoms with Crippen molar-refractivity contribution in [3.8, 4) is 0 Å². The Balaban J connectivity index is 2.19. The number of carbonyl (C=O) groups excluding carboxylic acids is 2. The van der Waals surface area contributed by atoms with Gasteiger partial charge in [-0.25, -0.2) is 4.79 Å². The molecule has 1 fully saturated rings. The van der Waals surface area contributed by atoms with E-state index in [2.05, 4.69) is 15.3 Å². The Hall–Kier alpha value is -2.53. The molecule has 0 spiro atoms. The monoisotopic (exact) mass is 231 g/mol. The summed E-state index contributed by atoms with van der Waals surface area (Å²) in [6.07, 6.45) is 0.282. The molecule has 0 unspecified atom stereocenters. The lowest BCUT2D eigenvalue weighted by Crippen LogP contribution is -2.49. The Morgan fingerprint density at radius 1 is 1.29 bits per heavy atom. The minimum absolute atomic E-state index is 0.267. The zero-order valence-electron chi connectivity index (χ0n) is 8.83. The average molecular weight is 231 g/mol. The standard InChI is InChI=1S/C10H9N5O2/c11-14-13-7-1-3-8(4-2-7)15-6-5-9(16)12-10(15)17/h1-4H,5-6H2,(H,12,16,17). The molecule has 0 bridgehead atoms. The van der Waals surface area contributed by atoms with Gasteiger partial charge in [-0.2, -0.15) is 0 Å². The lowest BCUT2D eigenvalue weighted by atomic mass is 10.2. The molecule has 1 heterocycles. The molecule has 7 heteroatoms. The van der Waals surface area contributed by atoms with Crippen LogP contribution in [-0.2, 0) is 4.79 Å². The van der Waals surface area contributed by atoms with E-state index in [-0.39, 0.29) is 12.3 Å². The number of amides is 3. The lowest BCUT2D eigenvalue weighted by Gasteiger charge is -2.26. The highest BCUT2D eigenvalue weighted by atomic mass is 16.2. The Morgan fingerprint density at radius 3 is 2.59 bits per heavy atom. The van der Waals surface area contributed by atoms with Gasteiger partial charge in [0.2, 0.25) is 5.91 Å².